The van der Waals surface area contributed by atoms with Crippen LogP contribution < -0.4 is 16.4 Å². The Morgan fingerprint density at radius 1 is 1.45 bits per heavy atom. The van der Waals surface area contributed by atoms with Crippen LogP contribution in [0.25, 0.3) is 0 Å². The van der Waals surface area contributed by atoms with E-state index in [4.69, 9.17) is 5.73 Å². The number of rotatable bonds is 6. The first kappa shape index (κ1) is 18.3. The Labute approximate surface area is 120 Å². The molecule has 0 bridgehead atoms. The average molecular weight is 279 g/mol. The smallest absolute Gasteiger partial charge is 0.233 e. The van der Waals surface area contributed by atoms with Gasteiger partial charge in [-0.2, -0.15) is 0 Å². The van der Waals surface area contributed by atoms with Crippen molar-refractivity contribution < 1.29 is 9.90 Å². The summed E-state index contributed by atoms with van der Waals surface area (Å²) >= 11 is 0. The second kappa shape index (κ2) is 11.2. The fourth-order valence-corrected chi connectivity index (χ4v) is 1.35. The minimum atomic E-state index is -0.420. The van der Waals surface area contributed by atoms with Gasteiger partial charge in [-0.15, -0.1) is 6.58 Å². The zero-order valence-corrected chi connectivity index (χ0v) is 12.2. The van der Waals surface area contributed by atoms with Crippen LogP contribution in [0.3, 0.4) is 0 Å². The molecule has 1 amide bonds. The number of amides is 1. The van der Waals surface area contributed by atoms with Crippen molar-refractivity contribution in [2.75, 3.05) is 20.1 Å². The third-order valence-corrected chi connectivity index (χ3v) is 2.70. The van der Waals surface area contributed by atoms with E-state index in [0.717, 1.165) is 5.56 Å². The minimum absolute atomic E-state index is 0.0494. The molecule has 0 heterocycles. The summed E-state index contributed by atoms with van der Waals surface area (Å²) in [6, 6.07) is 9.76. The molecule has 1 rings (SSSR count). The first-order valence-corrected chi connectivity index (χ1v) is 6.54. The number of nitrogens with two attached hydrogens (primary N) is 1. The van der Waals surface area contributed by atoms with E-state index in [1.54, 1.807) is 6.08 Å². The van der Waals surface area contributed by atoms with Gasteiger partial charge in [0.25, 0.3) is 0 Å². The maximum atomic E-state index is 10.3. The number of hydrogen-bond donors (Lipinski definition) is 4. The number of hydrogen-bond acceptors (Lipinski definition) is 4. The van der Waals surface area contributed by atoms with Gasteiger partial charge in [-0.1, -0.05) is 36.4 Å². The van der Waals surface area contributed by atoms with Crippen molar-refractivity contribution in [3.05, 3.63) is 48.6 Å². The molecule has 0 fully saturated rings. The maximum Gasteiger partial charge on any atom is 0.233 e. The largest absolute Gasteiger partial charge is 0.387 e. The molecule has 1 aromatic rings. The van der Waals surface area contributed by atoms with Crippen LogP contribution in [0.5, 0.6) is 0 Å². The second-order valence-corrected chi connectivity index (χ2v) is 4.23. The molecule has 1 aromatic carbocycles. The van der Waals surface area contributed by atoms with E-state index in [-0.39, 0.29) is 18.5 Å². The number of aliphatic hydroxyl groups excluding tert-OH is 1. The number of carbonyl (C=O) groups is 1. The van der Waals surface area contributed by atoms with Gasteiger partial charge >= 0.3 is 0 Å². The van der Waals surface area contributed by atoms with Gasteiger partial charge in [0, 0.05) is 12.6 Å². The molecule has 0 aliphatic rings. The van der Waals surface area contributed by atoms with Crippen LogP contribution in [0.15, 0.2) is 43.0 Å². The third-order valence-electron chi connectivity index (χ3n) is 2.70. The van der Waals surface area contributed by atoms with E-state index >= 15 is 0 Å². The van der Waals surface area contributed by atoms with Gasteiger partial charge in [0.15, 0.2) is 0 Å². The van der Waals surface area contributed by atoms with Gasteiger partial charge in [0.05, 0.1) is 12.6 Å². The molecule has 0 aliphatic carbocycles. The van der Waals surface area contributed by atoms with E-state index < -0.39 is 6.10 Å². The summed E-state index contributed by atoms with van der Waals surface area (Å²) in [7, 11) is 1.84. The summed E-state index contributed by atoms with van der Waals surface area (Å²) in [4.78, 5) is 10.3. The van der Waals surface area contributed by atoms with E-state index in [1.807, 2.05) is 44.3 Å². The first-order valence-electron chi connectivity index (χ1n) is 6.54. The molecule has 0 aromatic heterocycles. The highest BCUT2D eigenvalue weighted by Crippen LogP contribution is 2.15. The summed E-state index contributed by atoms with van der Waals surface area (Å²) in [5.74, 6) is -0.148. The number of benzene rings is 1. The van der Waals surface area contributed by atoms with Crippen LogP contribution in [0.4, 0.5) is 0 Å². The van der Waals surface area contributed by atoms with Crippen LogP contribution in [0, 0.1) is 0 Å². The summed E-state index contributed by atoms with van der Waals surface area (Å²) < 4.78 is 0. The van der Waals surface area contributed by atoms with Crippen LogP contribution in [0.2, 0.25) is 0 Å². The molecule has 0 spiro atoms. The lowest BCUT2D eigenvalue weighted by molar-refractivity contribution is -0.119. The number of aliphatic hydroxyl groups is 1. The SMILES string of the molecule is C=CCNC(=O)CN.CN[C@@H](C)[C@@H](O)c1ccccc1. The van der Waals surface area contributed by atoms with Gasteiger partial charge in [0.2, 0.25) is 5.91 Å². The lowest BCUT2D eigenvalue weighted by Crippen LogP contribution is -2.30. The fourth-order valence-electron chi connectivity index (χ4n) is 1.35. The predicted octanol–water partition coefficient (Wildman–Crippen LogP) is 0.575. The van der Waals surface area contributed by atoms with Crippen LogP contribution in [-0.4, -0.2) is 37.2 Å². The van der Waals surface area contributed by atoms with Crippen molar-refractivity contribution in [3.8, 4) is 0 Å². The second-order valence-electron chi connectivity index (χ2n) is 4.23. The summed E-state index contributed by atoms with van der Waals surface area (Å²) in [5.41, 5.74) is 5.92. The normalized spacial score (nSPS) is 12.6. The highest BCUT2D eigenvalue weighted by molar-refractivity contribution is 5.77. The Bertz CT molecular complexity index is 382. The highest BCUT2D eigenvalue weighted by atomic mass is 16.3. The number of likely N-dealkylation sites (N-methyl/N-ethyl adjacent to an activating group) is 1. The van der Waals surface area contributed by atoms with Crippen molar-refractivity contribution in [2.24, 2.45) is 5.73 Å². The lowest BCUT2D eigenvalue weighted by atomic mass is 10.0. The Morgan fingerprint density at radius 3 is 2.50 bits per heavy atom. The first-order chi connectivity index (χ1) is 9.56. The molecule has 5 nitrogen and oxygen atoms in total. The third kappa shape index (κ3) is 7.68. The van der Waals surface area contributed by atoms with Crippen molar-refractivity contribution in [1.82, 2.24) is 10.6 Å². The van der Waals surface area contributed by atoms with E-state index in [9.17, 15) is 9.90 Å². The Kier molecular flexibility index (Phi) is 10.2. The van der Waals surface area contributed by atoms with E-state index in [0.29, 0.717) is 6.54 Å². The molecule has 0 unspecified atom stereocenters. The highest BCUT2D eigenvalue weighted by Gasteiger charge is 2.12. The molecule has 5 heteroatoms. The van der Waals surface area contributed by atoms with Gasteiger partial charge in [0.1, 0.15) is 0 Å². The van der Waals surface area contributed by atoms with Crippen molar-refractivity contribution in [3.63, 3.8) is 0 Å². The Morgan fingerprint density at radius 2 is 2.05 bits per heavy atom. The van der Waals surface area contributed by atoms with Gasteiger partial charge in [-0.05, 0) is 19.5 Å². The quantitative estimate of drug-likeness (QED) is 0.574. The van der Waals surface area contributed by atoms with Gasteiger partial charge in [-0.3, -0.25) is 4.79 Å². The zero-order chi connectivity index (χ0) is 15.4. The molecule has 112 valence electrons. The molecular weight excluding hydrogens is 254 g/mol. The fraction of sp³-hybridized carbons (Fsp3) is 0.400. The topological polar surface area (TPSA) is 87.4 Å². The van der Waals surface area contributed by atoms with Gasteiger partial charge < -0.3 is 21.5 Å². The molecule has 0 saturated carbocycles. The molecule has 0 aliphatic heterocycles. The van der Waals surface area contributed by atoms with Crippen LogP contribution in [0.1, 0.15) is 18.6 Å². The molecule has 20 heavy (non-hydrogen) atoms. The minimum Gasteiger partial charge on any atom is -0.387 e. The maximum absolute atomic E-state index is 10.3. The summed E-state index contributed by atoms with van der Waals surface area (Å²) in [6.45, 7) is 5.91. The molecule has 0 saturated heterocycles. The van der Waals surface area contributed by atoms with Crippen molar-refractivity contribution in [1.29, 1.82) is 0 Å². The average Bonchev–Trinajstić information content (AvgIpc) is 2.52. The number of carbonyl (C=O) groups excluding carboxylic acids is 1. The van der Waals surface area contributed by atoms with Crippen LogP contribution >= 0.6 is 0 Å². The predicted molar refractivity (Wildman–Crippen MR) is 82.2 cm³/mol. The Hall–Kier alpha value is -1.69. The lowest BCUT2D eigenvalue weighted by Gasteiger charge is -2.17. The molecular formula is C15H25N3O2. The van der Waals surface area contributed by atoms with E-state index in [2.05, 4.69) is 17.2 Å². The van der Waals surface area contributed by atoms with Crippen LogP contribution in [-0.2, 0) is 4.79 Å². The monoisotopic (exact) mass is 279 g/mol. The molecule has 0 radical (unpaired) electrons. The molecule has 5 N–H and O–H groups in total. The van der Waals surface area contributed by atoms with Gasteiger partial charge in [-0.25, -0.2) is 0 Å². The van der Waals surface area contributed by atoms with E-state index in [1.165, 1.54) is 0 Å². The number of nitrogens with one attached hydrogen (secondary N) is 2. The zero-order valence-electron chi connectivity index (χ0n) is 12.2. The van der Waals surface area contributed by atoms with Crippen molar-refractivity contribution >= 4 is 5.91 Å². The standard InChI is InChI=1S/C10H15NO.C5H10N2O/c1-8(11-2)10(12)9-6-4-3-5-7-9;1-2-3-7-5(8)4-6/h3-8,10-12H,1-2H3;2H,1,3-4,6H2,(H,7,8)/t8-,10+;/m0./s1. The Balaban J connectivity index is 0.000000396. The van der Waals surface area contributed by atoms with Crippen molar-refractivity contribution in [2.45, 2.75) is 19.1 Å². The summed E-state index contributed by atoms with van der Waals surface area (Å²) in [5, 5.41) is 15.2. The molecule has 2 atom stereocenters. The summed E-state index contributed by atoms with van der Waals surface area (Å²) in [6.07, 6.45) is 1.18.